The van der Waals surface area contributed by atoms with Crippen LogP contribution in [0.5, 0.6) is 5.75 Å². The lowest BCUT2D eigenvalue weighted by molar-refractivity contribution is -0.0790. The third-order valence-corrected chi connectivity index (χ3v) is 11.2. The average Bonchev–Trinajstić information content (AvgIpc) is 3.36. The summed E-state index contributed by atoms with van der Waals surface area (Å²) in [6, 6.07) is 22.1. The van der Waals surface area contributed by atoms with Crippen LogP contribution in [0, 0.1) is 17.0 Å². The molecule has 1 amide bonds. The van der Waals surface area contributed by atoms with Crippen LogP contribution < -0.4 is 4.74 Å². The molecular weight excluding hydrogens is 648 g/mol. The molecule has 0 heterocycles. The molecule has 0 unspecified atom stereocenters. The van der Waals surface area contributed by atoms with Crippen molar-refractivity contribution in [2.75, 3.05) is 13.1 Å². The zero-order chi connectivity index (χ0) is 36.3. The van der Waals surface area contributed by atoms with E-state index >= 15 is 0 Å². The maximum Gasteiger partial charge on any atom is 0.415 e. The van der Waals surface area contributed by atoms with Gasteiger partial charge in [-0.05, 0) is 123 Å². The Balaban J connectivity index is 1.38. The summed E-state index contributed by atoms with van der Waals surface area (Å²) in [5, 5.41) is 25.7. The van der Waals surface area contributed by atoms with E-state index in [4.69, 9.17) is 4.74 Å². The number of allylic oxidation sites excluding steroid dienone is 2. The van der Waals surface area contributed by atoms with Crippen molar-refractivity contribution >= 4 is 22.6 Å². The minimum Gasteiger partial charge on any atom is -0.410 e. The van der Waals surface area contributed by atoms with Crippen LogP contribution in [0.1, 0.15) is 98.7 Å². The SMILES string of the molecule is CCCN(C[C@]1(O)CC[C@H]2c3ccc(cc3C(=O)c3ccc(F)c(F)c3)C[C@@H](O)CCC(C)=CCC[C@@]21C)C(=O)Oc1ccc2ccccc2c1. The average molecular weight is 696 g/mol. The highest BCUT2D eigenvalue weighted by Gasteiger charge is 2.57. The number of fused-ring (bicyclic) bond motifs is 9. The highest BCUT2D eigenvalue weighted by Crippen LogP contribution is 2.59. The van der Waals surface area contributed by atoms with Gasteiger partial charge in [0.05, 0.1) is 18.2 Å². The Kier molecular flexibility index (Phi) is 10.7. The van der Waals surface area contributed by atoms with Crippen molar-refractivity contribution < 1.29 is 33.3 Å². The van der Waals surface area contributed by atoms with Gasteiger partial charge in [-0.2, -0.15) is 0 Å². The van der Waals surface area contributed by atoms with Crippen molar-refractivity contribution in [2.24, 2.45) is 5.41 Å². The number of amides is 1. The topological polar surface area (TPSA) is 87.1 Å². The highest BCUT2D eigenvalue weighted by atomic mass is 19.2. The number of hydrogen-bond acceptors (Lipinski definition) is 5. The first-order chi connectivity index (χ1) is 24.4. The Labute approximate surface area is 298 Å². The summed E-state index contributed by atoms with van der Waals surface area (Å²) in [5.74, 6) is -2.48. The third-order valence-electron chi connectivity index (χ3n) is 11.2. The fourth-order valence-electron chi connectivity index (χ4n) is 8.21. The monoisotopic (exact) mass is 695 g/mol. The van der Waals surface area contributed by atoms with Gasteiger partial charge in [0.25, 0.3) is 0 Å². The number of carbonyl (C=O) groups excluding carboxylic acids is 2. The molecular formula is C43H47F2NO5. The van der Waals surface area contributed by atoms with Crippen molar-refractivity contribution in [2.45, 2.75) is 89.8 Å². The molecule has 4 aromatic rings. The van der Waals surface area contributed by atoms with E-state index in [9.17, 15) is 28.6 Å². The van der Waals surface area contributed by atoms with E-state index in [0.717, 1.165) is 34.0 Å². The highest BCUT2D eigenvalue weighted by molar-refractivity contribution is 6.10. The zero-order valence-electron chi connectivity index (χ0n) is 29.6. The predicted octanol–water partition coefficient (Wildman–Crippen LogP) is 9.30. The van der Waals surface area contributed by atoms with E-state index in [1.807, 2.05) is 62.4 Å². The van der Waals surface area contributed by atoms with Gasteiger partial charge in [0.15, 0.2) is 17.4 Å². The van der Waals surface area contributed by atoms with Crippen LogP contribution in [0.15, 0.2) is 90.5 Å². The van der Waals surface area contributed by atoms with E-state index < -0.39 is 40.6 Å². The van der Waals surface area contributed by atoms with Gasteiger partial charge in [-0.25, -0.2) is 13.6 Å². The normalized spacial score (nSPS) is 23.7. The maximum atomic E-state index is 14.4. The van der Waals surface area contributed by atoms with Crippen LogP contribution in [-0.4, -0.2) is 51.8 Å². The van der Waals surface area contributed by atoms with Crippen LogP contribution in [0.2, 0.25) is 0 Å². The molecule has 268 valence electrons. The summed E-state index contributed by atoms with van der Waals surface area (Å²) in [6.45, 7) is 6.49. The van der Waals surface area contributed by atoms with Crippen molar-refractivity contribution in [1.82, 2.24) is 4.90 Å². The number of carbonyl (C=O) groups is 2. The molecule has 51 heavy (non-hydrogen) atoms. The molecule has 0 aromatic heterocycles. The van der Waals surface area contributed by atoms with Gasteiger partial charge in [-0.1, -0.05) is 68.0 Å². The number of aliphatic hydroxyl groups excluding tert-OH is 1. The Morgan fingerprint density at radius 3 is 2.49 bits per heavy atom. The molecule has 8 heteroatoms. The van der Waals surface area contributed by atoms with Crippen molar-refractivity contribution in [3.8, 4) is 5.75 Å². The maximum absolute atomic E-state index is 14.4. The summed E-state index contributed by atoms with van der Waals surface area (Å²) < 4.78 is 34.2. The first-order valence-electron chi connectivity index (χ1n) is 18.0. The molecule has 0 saturated heterocycles. The van der Waals surface area contributed by atoms with Crippen molar-refractivity contribution in [3.05, 3.63) is 124 Å². The molecule has 3 aliphatic carbocycles. The number of halogens is 2. The summed E-state index contributed by atoms with van der Waals surface area (Å²) >= 11 is 0. The number of benzene rings is 4. The van der Waals surface area contributed by atoms with Gasteiger partial charge in [-0.15, -0.1) is 0 Å². The molecule has 0 radical (unpaired) electrons. The smallest absolute Gasteiger partial charge is 0.410 e. The quantitative estimate of drug-likeness (QED) is 0.149. The van der Waals surface area contributed by atoms with E-state index in [2.05, 4.69) is 13.0 Å². The van der Waals surface area contributed by atoms with E-state index in [1.54, 1.807) is 17.0 Å². The second-order valence-electron chi connectivity index (χ2n) is 14.7. The molecule has 7 rings (SSSR count). The molecule has 1 fully saturated rings. The van der Waals surface area contributed by atoms with Gasteiger partial charge in [0.1, 0.15) is 5.75 Å². The molecule has 0 spiro atoms. The van der Waals surface area contributed by atoms with Crippen LogP contribution >= 0.6 is 0 Å². The molecule has 2 N–H and O–H groups in total. The second-order valence-corrected chi connectivity index (χ2v) is 14.7. The van der Waals surface area contributed by atoms with Crippen molar-refractivity contribution in [3.63, 3.8) is 0 Å². The molecule has 3 aliphatic rings. The van der Waals surface area contributed by atoms with Gasteiger partial charge in [0, 0.05) is 23.1 Å². The molecule has 2 bridgehead atoms. The molecule has 0 aliphatic heterocycles. The van der Waals surface area contributed by atoms with E-state index in [-0.39, 0.29) is 18.0 Å². The van der Waals surface area contributed by atoms with Gasteiger partial charge in [0.2, 0.25) is 0 Å². The van der Waals surface area contributed by atoms with E-state index in [1.165, 1.54) is 6.07 Å². The van der Waals surface area contributed by atoms with Crippen LogP contribution in [0.4, 0.5) is 13.6 Å². The number of ketones is 1. The Bertz CT molecular complexity index is 1960. The van der Waals surface area contributed by atoms with Crippen molar-refractivity contribution in [1.29, 1.82) is 0 Å². The van der Waals surface area contributed by atoms with Crippen LogP contribution in [0.25, 0.3) is 10.8 Å². The van der Waals surface area contributed by atoms with Gasteiger partial charge < -0.3 is 19.8 Å². The molecule has 4 aromatic carbocycles. The van der Waals surface area contributed by atoms with Gasteiger partial charge in [-0.3, -0.25) is 4.79 Å². The lowest BCUT2D eigenvalue weighted by Crippen LogP contribution is -2.54. The minimum absolute atomic E-state index is 0.0213. The number of aliphatic hydroxyl groups is 2. The summed E-state index contributed by atoms with van der Waals surface area (Å²) in [5.41, 5.74) is 0.848. The summed E-state index contributed by atoms with van der Waals surface area (Å²) in [4.78, 5) is 29.5. The van der Waals surface area contributed by atoms with Crippen LogP contribution in [0.3, 0.4) is 0 Å². The Morgan fingerprint density at radius 2 is 1.73 bits per heavy atom. The Hall–Kier alpha value is -4.40. The fourth-order valence-corrected chi connectivity index (χ4v) is 8.21. The summed E-state index contributed by atoms with van der Waals surface area (Å²) in [7, 11) is 0. The number of hydrogen-bond donors (Lipinski definition) is 2. The molecule has 6 nitrogen and oxygen atoms in total. The predicted molar refractivity (Wildman–Crippen MR) is 195 cm³/mol. The lowest BCUT2D eigenvalue weighted by Gasteiger charge is -2.46. The number of nitrogens with zero attached hydrogens (tertiary/aromatic N) is 1. The van der Waals surface area contributed by atoms with E-state index in [0.29, 0.717) is 74.8 Å². The zero-order valence-corrected chi connectivity index (χ0v) is 29.6. The van der Waals surface area contributed by atoms with Crippen LogP contribution in [-0.2, 0) is 6.42 Å². The Morgan fingerprint density at radius 1 is 0.941 bits per heavy atom. The first-order valence-corrected chi connectivity index (χ1v) is 18.0. The first kappa shape index (κ1) is 36.4. The fraction of sp³-hybridized carbons (Fsp3) is 0.395. The minimum atomic E-state index is -1.34. The third kappa shape index (κ3) is 7.63. The largest absolute Gasteiger partial charge is 0.415 e. The lowest BCUT2D eigenvalue weighted by atomic mass is 9.64. The second kappa shape index (κ2) is 15.1. The number of rotatable bonds is 7. The standard InChI is InChI=1S/C43H47F2NO5/c1-4-22-46(41(49)51-34-16-13-30-9-5-6-10-31(30)25-34)27-43(50)21-19-37-35-17-12-29(23-33(47)15-11-28(2)8-7-20-42(37,43)3)24-36(35)40(48)32-14-18-38(44)39(45)26-32/h5-6,8-10,12-14,16-18,24-26,33,37,47,50H,4,7,11,15,19-23,27H2,1-3H3/t33-,37-,42-,43+/m0/s1. The molecule has 1 saturated carbocycles. The number of ether oxygens (including phenoxy) is 1. The van der Waals surface area contributed by atoms with Gasteiger partial charge >= 0.3 is 6.09 Å². The summed E-state index contributed by atoms with van der Waals surface area (Å²) in [6.07, 6.45) is 5.37. The molecule has 4 atom stereocenters.